The van der Waals surface area contributed by atoms with Crippen LogP contribution in [-0.4, -0.2) is 33.6 Å². The zero-order valence-electron chi connectivity index (χ0n) is 12.0. The number of aliphatic hydroxyl groups is 1. The Morgan fingerprint density at radius 1 is 1.22 bits per heavy atom. The summed E-state index contributed by atoms with van der Waals surface area (Å²) in [4.78, 5) is 11.6. The molecule has 0 bridgehead atoms. The second-order valence-corrected chi connectivity index (χ2v) is 5.72. The average Bonchev–Trinajstić information content (AvgIpc) is 3.19. The molecule has 7 heteroatoms. The van der Waals surface area contributed by atoms with Gasteiger partial charge in [-0.1, -0.05) is 23.4 Å². The molecular weight excluding hydrogens is 387 g/mol. The smallest absolute Gasteiger partial charge is 1.00 e. The maximum Gasteiger partial charge on any atom is 4.00 e. The molecule has 116 valence electrons. The third-order valence-corrected chi connectivity index (χ3v) is 4.44. The van der Waals surface area contributed by atoms with Crippen molar-refractivity contribution >= 4 is 20.9 Å². The summed E-state index contributed by atoms with van der Waals surface area (Å²) in [5.74, 6) is 0.209. The van der Waals surface area contributed by atoms with Crippen molar-refractivity contribution in [2.24, 2.45) is 0 Å². The number of ether oxygens (including phenoxy) is 1. The minimum absolute atomic E-state index is 0. The van der Waals surface area contributed by atoms with Gasteiger partial charge in [-0.2, -0.15) is 0 Å². The van der Waals surface area contributed by atoms with Gasteiger partial charge in [-0.3, -0.25) is 4.79 Å². The van der Waals surface area contributed by atoms with Gasteiger partial charge in [0, 0.05) is 6.61 Å². The minimum Gasteiger partial charge on any atom is -1.00 e. The van der Waals surface area contributed by atoms with Crippen LogP contribution < -0.4 is 24.8 Å². The predicted octanol–water partition coefficient (Wildman–Crippen LogP) is -4.53. The van der Waals surface area contributed by atoms with Crippen molar-refractivity contribution in [1.29, 1.82) is 0 Å². The zero-order chi connectivity index (χ0) is 14.1. The normalized spacial score (nSPS) is 15.1. The molecule has 0 spiro atoms. The van der Waals surface area contributed by atoms with Gasteiger partial charge >= 0.3 is 21.7 Å². The second-order valence-electron chi connectivity index (χ2n) is 4.47. The summed E-state index contributed by atoms with van der Waals surface area (Å²) in [6.07, 6.45) is 5.16. The van der Waals surface area contributed by atoms with E-state index in [4.69, 9.17) is 5.11 Å². The number of carbonyl (C=O) groups is 1. The first-order chi connectivity index (χ1) is 9.76. The molecule has 23 heavy (non-hydrogen) atoms. The zero-order valence-corrected chi connectivity index (χ0v) is 16.1. The third kappa shape index (κ3) is 4.55. The van der Waals surface area contributed by atoms with Crippen LogP contribution in [0.15, 0.2) is 46.3 Å². The Bertz CT molecular complexity index is 682. The van der Waals surface area contributed by atoms with E-state index in [0.29, 0.717) is 16.1 Å². The van der Waals surface area contributed by atoms with Crippen molar-refractivity contribution in [3.05, 3.63) is 70.6 Å². The Labute approximate surface area is 165 Å². The van der Waals surface area contributed by atoms with Gasteiger partial charge in [-0.05, 0) is 6.08 Å². The predicted molar refractivity (Wildman–Crippen MR) is 76.5 cm³/mol. The van der Waals surface area contributed by atoms with E-state index < -0.39 is 0 Å². The molecule has 0 aromatic heterocycles. The fourth-order valence-corrected chi connectivity index (χ4v) is 3.20. The van der Waals surface area contributed by atoms with Crippen LogP contribution in [0.3, 0.4) is 0 Å². The molecule has 3 aliphatic rings. The van der Waals surface area contributed by atoms with Crippen molar-refractivity contribution in [3.8, 4) is 0 Å². The Morgan fingerprint density at radius 2 is 1.91 bits per heavy atom. The number of allylic oxidation sites excluding steroid dienone is 5. The Balaban J connectivity index is 0.000000544. The van der Waals surface area contributed by atoms with Gasteiger partial charge in [0.15, 0.2) is 5.78 Å². The van der Waals surface area contributed by atoms with Crippen LogP contribution in [0.5, 0.6) is 0 Å². The number of ketones is 1. The monoisotopic (exact) mass is 398 g/mol. The Morgan fingerprint density at radius 3 is 2.52 bits per heavy atom. The van der Waals surface area contributed by atoms with Crippen molar-refractivity contribution in [1.82, 2.24) is 0 Å². The van der Waals surface area contributed by atoms with Crippen LogP contribution in [0, 0.1) is 13.2 Å². The van der Waals surface area contributed by atoms with Crippen LogP contribution in [-0.2, 0) is 31.2 Å². The molecule has 0 saturated heterocycles. The summed E-state index contributed by atoms with van der Waals surface area (Å²) < 4.78 is 4.19. The summed E-state index contributed by atoms with van der Waals surface area (Å²) in [5.41, 5.74) is 4.53. The maximum absolute atomic E-state index is 11.6. The topological polar surface area (TPSA) is 46.5 Å². The fraction of sp³-hybridized carbons (Fsp3) is 0.125. The summed E-state index contributed by atoms with van der Waals surface area (Å²) >= 11 is 0. The first kappa shape index (κ1) is 22.5. The van der Waals surface area contributed by atoms with E-state index in [-0.39, 0.29) is 58.9 Å². The summed E-state index contributed by atoms with van der Waals surface area (Å²) in [5, 5.41) is 10.2. The van der Waals surface area contributed by atoms with E-state index in [9.17, 15) is 4.79 Å². The van der Waals surface area contributed by atoms with Gasteiger partial charge < -0.3 is 34.7 Å². The minimum atomic E-state index is 0. The number of hydrogen-bond donors (Lipinski definition) is 1. The molecule has 2 aliphatic carbocycles. The number of benzene rings is 1. The summed E-state index contributed by atoms with van der Waals surface area (Å²) in [7, 11) is 3.65. The number of halogens is 2. The quantitative estimate of drug-likeness (QED) is 0.403. The summed E-state index contributed by atoms with van der Waals surface area (Å²) in [6.45, 7) is 0.392. The van der Waals surface area contributed by atoms with Gasteiger partial charge in [0.25, 0.3) is 0 Å². The molecule has 1 aliphatic heterocycles. The molecular formula is C16H12Cl2O3SiTi. The van der Waals surface area contributed by atoms with Gasteiger partial charge in [-0.25, -0.2) is 7.11 Å². The number of aliphatic hydroxyl groups excluding tert-OH is 1. The molecule has 1 N–H and O–H groups in total. The first-order valence-corrected chi connectivity index (χ1v) is 7.25. The van der Waals surface area contributed by atoms with Crippen molar-refractivity contribution in [2.45, 2.75) is 0 Å². The van der Waals surface area contributed by atoms with Gasteiger partial charge in [0.05, 0.1) is 16.1 Å². The van der Waals surface area contributed by atoms with Crippen LogP contribution in [0.4, 0.5) is 0 Å². The molecule has 0 unspecified atom stereocenters. The number of carbonyl (C=O) groups excluding carboxylic acids is 1. The van der Waals surface area contributed by atoms with Crippen molar-refractivity contribution in [3.63, 3.8) is 0 Å². The van der Waals surface area contributed by atoms with Crippen molar-refractivity contribution in [2.75, 3.05) is 13.2 Å². The van der Waals surface area contributed by atoms with Crippen LogP contribution in [0.2, 0.25) is 0 Å². The number of fused-ring (bicyclic) bond motifs is 4. The van der Waals surface area contributed by atoms with E-state index >= 15 is 0 Å². The average molecular weight is 399 g/mol. The molecule has 0 fully saturated rings. The van der Waals surface area contributed by atoms with Gasteiger partial charge in [0.2, 0.25) is 0 Å². The maximum atomic E-state index is 11.6. The molecule has 1 aromatic carbocycles. The fourth-order valence-electron chi connectivity index (χ4n) is 2.24. The molecule has 3 nitrogen and oxygen atoms in total. The van der Waals surface area contributed by atoms with E-state index in [1.54, 1.807) is 6.08 Å². The molecule has 0 amide bonds. The van der Waals surface area contributed by atoms with Gasteiger partial charge in [0.1, 0.15) is 0 Å². The standard InChI is InChI=1S/C13H5OSi.C3H7O2.2ClH.Ti/c14-11-6-9-8-4-2-1-3-7(8)5-10(9)12-13(11)15-12;1-5-3-2-4;;;/h1-4,6H;4H,1-3H2;2*1H;/q2*-1;;;+4/p-2. The van der Waals surface area contributed by atoms with Crippen LogP contribution in [0.25, 0.3) is 5.57 Å². The third-order valence-electron chi connectivity index (χ3n) is 3.19. The Kier molecular flexibility index (Phi) is 9.55. The van der Waals surface area contributed by atoms with E-state index in [1.807, 2.05) is 12.1 Å². The molecule has 0 atom stereocenters. The summed E-state index contributed by atoms with van der Waals surface area (Å²) in [6, 6.07) is 8.13. The van der Waals surface area contributed by atoms with Crippen LogP contribution in [0.1, 0.15) is 11.1 Å². The van der Waals surface area contributed by atoms with E-state index in [2.05, 4.69) is 30.1 Å². The molecule has 4 rings (SSSR count). The largest absolute Gasteiger partial charge is 4.00 e. The van der Waals surface area contributed by atoms with Crippen LogP contribution >= 0.6 is 0 Å². The number of hydrogen-bond acceptors (Lipinski definition) is 3. The Hall–Kier alpha value is -0.459. The van der Waals surface area contributed by atoms with E-state index in [1.165, 1.54) is 10.8 Å². The SMILES string of the molecule is O=C1C=C2C(=[C-]c3ccccc32)C2=C1[Si]2.[CH2-]OCCO.[Cl-].[Cl-].[Ti+4]. The second kappa shape index (κ2) is 9.74. The van der Waals surface area contributed by atoms with Crippen molar-refractivity contribution < 1.29 is 61.2 Å². The molecule has 1 heterocycles. The first-order valence-electron chi connectivity index (χ1n) is 6.25. The molecule has 0 saturated carbocycles. The van der Waals surface area contributed by atoms with Gasteiger partial charge in [-0.15, -0.1) is 39.6 Å². The molecule has 1 aromatic rings. The number of rotatable bonds is 2. The molecule has 2 radical (unpaired) electrons. The van der Waals surface area contributed by atoms with E-state index in [0.717, 1.165) is 21.9 Å².